The normalized spacial score (nSPS) is 10.7. The van der Waals surface area contributed by atoms with E-state index in [1.165, 1.54) is 0 Å². The van der Waals surface area contributed by atoms with Crippen molar-refractivity contribution in [3.8, 4) is 0 Å². The summed E-state index contributed by atoms with van der Waals surface area (Å²) in [5, 5.41) is 0. The monoisotopic (exact) mass is 165 g/mol. The van der Waals surface area contributed by atoms with Gasteiger partial charge in [0.15, 0.2) is 5.78 Å². The van der Waals surface area contributed by atoms with Crippen LogP contribution in [0, 0.1) is 5.92 Å². The Hall–Kier alpha value is -1.05. The number of nitrogens with one attached hydrogen (secondary N) is 1. The summed E-state index contributed by atoms with van der Waals surface area (Å²) in [6.45, 7) is 5.89. The van der Waals surface area contributed by atoms with Crippen LogP contribution in [0.4, 0.5) is 0 Å². The molecule has 1 aromatic rings. The molecule has 0 fully saturated rings. The van der Waals surface area contributed by atoms with Gasteiger partial charge < -0.3 is 4.98 Å². The highest BCUT2D eigenvalue weighted by molar-refractivity contribution is 5.93. The number of carbonyl (C=O) groups is 1. The van der Waals surface area contributed by atoms with E-state index < -0.39 is 0 Å². The fourth-order valence-corrected chi connectivity index (χ4v) is 1.34. The average Bonchev–Trinajstić information content (AvgIpc) is 2.33. The molecule has 0 radical (unpaired) electrons. The van der Waals surface area contributed by atoms with Gasteiger partial charge in [-0.25, -0.2) is 0 Å². The molecule has 1 N–H and O–H groups in total. The number of ketones is 1. The van der Waals surface area contributed by atoms with E-state index in [9.17, 15) is 4.79 Å². The Morgan fingerprint density at radius 2 is 2.25 bits per heavy atom. The minimum absolute atomic E-state index is 0.121. The fraction of sp³-hybridized carbons (Fsp3) is 0.500. The molecule has 0 saturated heterocycles. The Kier molecular flexibility index (Phi) is 2.69. The molecule has 12 heavy (non-hydrogen) atoms. The molecule has 0 unspecified atom stereocenters. The van der Waals surface area contributed by atoms with Crippen molar-refractivity contribution < 1.29 is 4.79 Å². The van der Waals surface area contributed by atoms with Crippen molar-refractivity contribution in [2.45, 2.75) is 27.2 Å². The molecule has 0 saturated carbocycles. The molecule has 1 heterocycles. The summed E-state index contributed by atoms with van der Waals surface area (Å²) in [6.07, 6.45) is 2.80. The third-order valence-corrected chi connectivity index (χ3v) is 1.81. The van der Waals surface area contributed by atoms with E-state index in [1.807, 2.05) is 12.3 Å². The van der Waals surface area contributed by atoms with E-state index in [1.54, 1.807) is 6.92 Å². The van der Waals surface area contributed by atoms with E-state index in [-0.39, 0.29) is 5.78 Å². The number of hydrogen-bond acceptors (Lipinski definition) is 1. The summed E-state index contributed by atoms with van der Waals surface area (Å²) in [7, 11) is 0. The van der Waals surface area contributed by atoms with Crippen LogP contribution >= 0.6 is 0 Å². The fourth-order valence-electron chi connectivity index (χ4n) is 1.34. The van der Waals surface area contributed by atoms with Crippen LogP contribution in [0.15, 0.2) is 12.3 Å². The van der Waals surface area contributed by atoms with E-state index in [0.717, 1.165) is 17.7 Å². The van der Waals surface area contributed by atoms with Crippen LogP contribution in [0.5, 0.6) is 0 Å². The molecule has 0 aliphatic rings. The lowest BCUT2D eigenvalue weighted by Crippen LogP contribution is -2.01. The molecule has 2 nitrogen and oxygen atoms in total. The number of hydrogen-bond donors (Lipinski definition) is 1. The summed E-state index contributed by atoms with van der Waals surface area (Å²) in [4.78, 5) is 14.0. The first-order chi connectivity index (χ1) is 5.61. The molecule has 0 amide bonds. The van der Waals surface area contributed by atoms with Crippen LogP contribution in [0.3, 0.4) is 0 Å². The lowest BCUT2D eigenvalue weighted by atomic mass is 10.0. The minimum Gasteiger partial charge on any atom is -0.359 e. The zero-order valence-electron chi connectivity index (χ0n) is 7.85. The minimum atomic E-state index is 0.121. The number of H-pyrrole nitrogens is 1. The average molecular weight is 165 g/mol. The maximum absolute atomic E-state index is 11.1. The van der Waals surface area contributed by atoms with Crippen molar-refractivity contribution in [3.05, 3.63) is 23.5 Å². The van der Waals surface area contributed by atoms with Gasteiger partial charge in [0.05, 0.1) is 5.69 Å². The molecule has 2 heteroatoms. The van der Waals surface area contributed by atoms with Gasteiger partial charge in [0.2, 0.25) is 0 Å². The summed E-state index contributed by atoms with van der Waals surface area (Å²) in [5.74, 6) is 0.717. The molecule has 0 aliphatic heterocycles. The number of aromatic amines is 1. The molecule has 0 bridgehead atoms. The van der Waals surface area contributed by atoms with Crippen molar-refractivity contribution in [3.63, 3.8) is 0 Å². The predicted molar refractivity (Wildman–Crippen MR) is 49.3 cm³/mol. The van der Waals surface area contributed by atoms with Crippen molar-refractivity contribution in [1.82, 2.24) is 4.98 Å². The molecule has 0 aliphatic carbocycles. The smallest absolute Gasteiger partial charge is 0.176 e. The van der Waals surface area contributed by atoms with Gasteiger partial charge in [-0.3, -0.25) is 4.79 Å². The highest BCUT2D eigenvalue weighted by Crippen LogP contribution is 2.12. The molecule has 0 aromatic carbocycles. The van der Waals surface area contributed by atoms with E-state index >= 15 is 0 Å². The highest BCUT2D eigenvalue weighted by Gasteiger charge is 2.08. The second kappa shape index (κ2) is 3.57. The van der Waals surface area contributed by atoms with Gasteiger partial charge >= 0.3 is 0 Å². The summed E-state index contributed by atoms with van der Waals surface area (Å²) in [5.41, 5.74) is 1.90. The van der Waals surface area contributed by atoms with Gasteiger partial charge in [0, 0.05) is 13.1 Å². The number of aromatic nitrogens is 1. The third kappa shape index (κ3) is 1.97. The zero-order valence-corrected chi connectivity index (χ0v) is 7.85. The van der Waals surface area contributed by atoms with E-state index in [4.69, 9.17) is 0 Å². The molecule has 0 spiro atoms. The second-order valence-corrected chi connectivity index (χ2v) is 3.53. The van der Waals surface area contributed by atoms with Crippen LogP contribution in [-0.2, 0) is 6.42 Å². The zero-order chi connectivity index (χ0) is 9.14. The number of rotatable bonds is 3. The van der Waals surface area contributed by atoms with Crippen LogP contribution in [0.25, 0.3) is 0 Å². The largest absolute Gasteiger partial charge is 0.359 e. The molecule has 1 rings (SSSR count). The van der Waals surface area contributed by atoms with E-state index in [0.29, 0.717) is 5.92 Å². The van der Waals surface area contributed by atoms with Crippen molar-refractivity contribution >= 4 is 5.78 Å². The van der Waals surface area contributed by atoms with Crippen molar-refractivity contribution in [1.29, 1.82) is 0 Å². The second-order valence-electron chi connectivity index (χ2n) is 3.53. The highest BCUT2D eigenvalue weighted by atomic mass is 16.1. The van der Waals surface area contributed by atoms with Crippen LogP contribution in [0.1, 0.15) is 36.8 Å². The van der Waals surface area contributed by atoms with Crippen LogP contribution in [-0.4, -0.2) is 10.8 Å². The molecule has 1 aromatic heterocycles. The van der Waals surface area contributed by atoms with E-state index in [2.05, 4.69) is 18.8 Å². The lowest BCUT2D eigenvalue weighted by Gasteiger charge is -2.03. The SMILES string of the molecule is CC(=O)c1[nH]ccc1CC(C)C. The van der Waals surface area contributed by atoms with Gasteiger partial charge in [0.25, 0.3) is 0 Å². The topological polar surface area (TPSA) is 32.9 Å². The Labute approximate surface area is 73.0 Å². The predicted octanol–water partition coefficient (Wildman–Crippen LogP) is 2.42. The first-order valence-electron chi connectivity index (χ1n) is 4.28. The van der Waals surface area contributed by atoms with Gasteiger partial charge in [0.1, 0.15) is 0 Å². The van der Waals surface area contributed by atoms with Gasteiger partial charge in [-0.05, 0) is 24.0 Å². The van der Waals surface area contributed by atoms with Crippen LogP contribution < -0.4 is 0 Å². The molecular formula is C10H15NO. The Morgan fingerprint density at radius 3 is 2.75 bits per heavy atom. The third-order valence-electron chi connectivity index (χ3n) is 1.81. The first-order valence-corrected chi connectivity index (χ1v) is 4.28. The van der Waals surface area contributed by atoms with Crippen molar-refractivity contribution in [2.24, 2.45) is 5.92 Å². The first kappa shape index (κ1) is 9.04. The number of carbonyl (C=O) groups excluding carboxylic acids is 1. The van der Waals surface area contributed by atoms with Gasteiger partial charge in [-0.2, -0.15) is 0 Å². The number of Topliss-reactive ketones (excluding diaryl/α,β-unsaturated/α-hetero) is 1. The molecule has 0 atom stereocenters. The van der Waals surface area contributed by atoms with Gasteiger partial charge in [-0.15, -0.1) is 0 Å². The maximum Gasteiger partial charge on any atom is 0.176 e. The quantitative estimate of drug-likeness (QED) is 0.685. The summed E-state index contributed by atoms with van der Waals surface area (Å²) < 4.78 is 0. The molecular weight excluding hydrogens is 150 g/mol. The standard InChI is InChI=1S/C10H15NO/c1-7(2)6-9-4-5-11-10(9)8(3)12/h4-5,7,11H,6H2,1-3H3. The summed E-state index contributed by atoms with van der Waals surface area (Å²) in [6, 6.07) is 1.98. The lowest BCUT2D eigenvalue weighted by molar-refractivity contribution is 0.101. The maximum atomic E-state index is 11.1. The molecule has 66 valence electrons. The summed E-state index contributed by atoms with van der Waals surface area (Å²) >= 11 is 0. The Bertz CT molecular complexity index is 273. The van der Waals surface area contributed by atoms with Gasteiger partial charge in [-0.1, -0.05) is 13.8 Å². The van der Waals surface area contributed by atoms with Crippen molar-refractivity contribution in [2.75, 3.05) is 0 Å². The van der Waals surface area contributed by atoms with Crippen LogP contribution in [0.2, 0.25) is 0 Å². The Morgan fingerprint density at radius 1 is 1.58 bits per heavy atom. The Balaban J connectivity index is 2.84.